The molecule has 0 heterocycles. The zero-order valence-corrected chi connectivity index (χ0v) is 13.2. The first-order valence-corrected chi connectivity index (χ1v) is 6.97. The molecule has 108 valence electrons. The second-order valence-electron chi connectivity index (χ2n) is 5.73. The third kappa shape index (κ3) is 3.87. The maximum Gasteiger partial charge on any atom is 0.122 e. The summed E-state index contributed by atoms with van der Waals surface area (Å²) in [6.45, 7) is 10.4. The molecule has 2 N–H and O–H groups in total. The largest absolute Gasteiger partial charge is 0.496 e. The number of benzene rings is 1. The van der Waals surface area contributed by atoms with Crippen LogP contribution in [0.25, 0.3) is 0 Å². The first-order valence-electron chi connectivity index (χ1n) is 6.97. The Balaban J connectivity index is 2.93. The van der Waals surface area contributed by atoms with E-state index in [2.05, 4.69) is 51.8 Å². The van der Waals surface area contributed by atoms with E-state index in [0.717, 1.165) is 18.8 Å². The van der Waals surface area contributed by atoms with Crippen molar-refractivity contribution in [3.05, 3.63) is 23.3 Å². The van der Waals surface area contributed by atoms with E-state index in [4.69, 9.17) is 10.5 Å². The molecule has 0 amide bonds. The van der Waals surface area contributed by atoms with Gasteiger partial charge in [0.2, 0.25) is 0 Å². The fourth-order valence-electron chi connectivity index (χ4n) is 2.41. The van der Waals surface area contributed by atoms with Gasteiger partial charge < -0.3 is 15.4 Å². The molecule has 1 rings (SSSR count). The molecule has 0 spiro atoms. The van der Waals surface area contributed by atoms with Gasteiger partial charge in [0.1, 0.15) is 5.75 Å². The molecular weight excluding hydrogens is 236 g/mol. The Morgan fingerprint density at radius 2 is 1.84 bits per heavy atom. The molecule has 0 aliphatic heterocycles. The summed E-state index contributed by atoms with van der Waals surface area (Å²) in [4.78, 5) is 2.30. The number of nitrogens with two attached hydrogens (primary N) is 1. The highest BCUT2D eigenvalue weighted by atomic mass is 16.5. The van der Waals surface area contributed by atoms with Crippen molar-refractivity contribution in [3.8, 4) is 5.75 Å². The van der Waals surface area contributed by atoms with Crippen molar-refractivity contribution in [3.63, 3.8) is 0 Å². The van der Waals surface area contributed by atoms with Crippen LogP contribution in [-0.4, -0.2) is 27.2 Å². The molecule has 19 heavy (non-hydrogen) atoms. The van der Waals surface area contributed by atoms with Crippen molar-refractivity contribution in [1.82, 2.24) is 0 Å². The quantitative estimate of drug-likeness (QED) is 0.858. The topological polar surface area (TPSA) is 38.5 Å². The molecule has 1 unspecified atom stereocenters. The standard InChI is InChI=1S/C16H28N2O/c1-11(2)14(9-17)10-18(5)15-7-13(4)16(19-6)8-12(15)3/h7-8,11,14H,9-10,17H2,1-6H3. The van der Waals surface area contributed by atoms with E-state index in [1.807, 2.05) is 0 Å². The number of rotatable bonds is 6. The molecule has 0 aliphatic carbocycles. The van der Waals surface area contributed by atoms with E-state index in [0.29, 0.717) is 11.8 Å². The van der Waals surface area contributed by atoms with Gasteiger partial charge in [0.05, 0.1) is 7.11 Å². The van der Waals surface area contributed by atoms with Gasteiger partial charge in [0.25, 0.3) is 0 Å². The number of anilines is 1. The number of aryl methyl sites for hydroxylation is 2. The minimum absolute atomic E-state index is 0.520. The van der Waals surface area contributed by atoms with Crippen LogP contribution in [0.5, 0.6) is 5.75 Å². The Kier molecular flexibility index (Phi) is 5.67. The number of hydrogen-bond donors (Lipinski definition) is 1. The zero-order chi connectivity index (χ0) is 14.6. The molecule has 1 aromatic carbocycles. The Bertz CT molecular complexity index is 415. The van der Waals surface area contributed by atoms with E-state index in [-0.39, 0.29) is 0 Å². The molecule has 1 aromatic rings. The molecule has 0 aromatic heterocycles. The van der Waals surface area contributed by atoms with Crippen LogP contribution in [0.2, 0.25) is 0 Å². The average Bonchev–Trinajstić information content (AvgIpc) is 2.37. The lowest BCUT2D eigenvalue weighted by molar-refractivity contribution is 0.397. The normalized spacial score (nSPS) is 12.6. The van der Waals surface area contributed by atoms with E-state index in [1.54, 1.807) is 7.11 Å². The monoisotopic (exact) mass is 264 g/mol. The average molecular weight is 264 g/mol. The Hall–Kier alpha value is -1.22. The SMILES string of the molecule is COc1cc(C)c(N(C)CC(CN)C(C)C)cc1C. The molecular formula is C16H28N2O. The van der Waals surface area contributed by atoms with Gasteiger partial charge in [0.15, 0.2) is 0 Å². The maximum absolute atomic E-state index is 5.87. The van der Waals surface area contributed by atoms with Gasteiger partial charge in [-0.3, -0.25) is 0 Å². The zero-order valence-electron chi connectivity index (χ0n) is 13.2. The van der Waals surface area contributed by atoms with Gasteiger partial charge in [-0.15, -0.1) is 0 Å². The predicted octanol–water partition coefficient (Wildman–Crippen LogP) is 2.98. The fraction of sp³-hybridized carbons (Fsp3) is 0.625. The highest BCUT2D eigenvalue weighted by molar-refractivity contribution is 5.58. The minimum Gasteiger partial charge on any atom is -0.496 e. The minimum atomic E-state index is 0.520. The third-order valence-corrected chi connectivity index (χ3v) is 3.88. The molecule has 0 bridgehead atoms. The number of nitrogens with zero attached hydrogens (tertiary/aromatic N) is 1. The van der Waals surface area contributed by atoms with E-state index < -0.39 is 0 Å². The summed E-state index contributed by atoms with van der Waals surface area (Å²) in [5.41, 5.74) is 9.54. The highest BCUT2D eigenvalue weighted by Crippen LogP contribution is 2.28. The Morgan fingerprint density at radius 3 is 2.32 bits per heavy atom. The Labute approximate surface area is 117 Å². The van der Waals surface area contributed by atoms with Gasteiger partial charge >= 0.3 is 0 Å². The van der Waals surface area contributed by atoms with Crippen LogP contribution in [0.3, 0.4) is 0 Å². The maximum atomic E-state index is 5.87. The van der Waals surface area contributed by atoms with Gasteiger partial charge in [0, 0.05) is 19.3 Å². The van der Waals surface area contributed by atoms with Crippen molar-refractivity contribution in [2.75, 3.05) is 32.1 Å². The summed E-state index contributed by atoms with van der Waals surface area (Å²) < 4.78 is 5.36. The van der Waals surface area contributed by atoms with Crippen molar-refractivity contribution in [2.45, 2.75) is 27.7 Å². The predicted molar refractivity (Wildman–Crippen MR) is 83.1 cm³/mol. The van der Waals surface area contributed by atoms with Gasteiger partial charge in [-0.25, -0.2) is 0 Å². The second-order valence-corrected chi connectivity index (χ2v) is 5.73. The van der Waals surface area contributed by atoms with E-state index in [9.17, 15) is 0 Å². The molecule has 0 saturated heterocycles. The van der Waals surface area contributed by atoms with Crippen LogP contribution >= 0.6 is 0 Å². The first kappa shape index (κ1) is 15.8. The van der Waals surface area contributed by atoms with Gasteiger partial charge in [-0.2, -0.15) is 0 Å². The number of ether oxygens (including phenoxy) is 1. The van der Waals surface area contributed by atoms with E-state index in [1.165, 1.54) is 16.8 Å². The summed E-state index contributed by atoms with van der Waals surface area (Å²) in [7, 11) is 3.85. The van der Waals surface area contributed by atoms with Crippen LogP contribution < -0.4 is 15.4 Å². The molecule has 3 nitrogen and oxygen atoms in total. The molecule has 0 saturated carbocycles. The summed E-state index contributed by atoms with van der Waals surface area (Å²) in [5, 5.41) is 0. The van der Waals surface area contributed by atoms with Crippen molar-refractivity contribution in [2.24, 2.45) is 17.6 Å². The summed E-state index contributed by atoms with van der Waals surface area (Å²) in [5.74, 6) is 2.08. The second kappa shape index (κ2) is 6.80. The van der Waals surface area contributed by atoms with Crippen molar-refractivity contribution < 1.29 is 4.74 Å². The summed E-state index contributed by atoms with van der Waals surface area (Å²) >= 11 is 0. The Morgan fingerprint density at radius 1 is 1.21 bits per heavy atom. The van der Waals surface area contributed by atoms with Crippen molar-refractivity contribution >= 4 is 5.69 Å². The molecule has 0 fully saturated rings. The van der Waals surface area contributed by atoms with Crippen LogP contribution in [0.4, 0.5) is 5.69 Å². The molecule has 1 atom stereocenters. The van der Waals surface area contributed by atoms with Crippen molar-refractivity contribution in [1.29, 1.82) is 0 Å². The lowest BCUT2D eigenvalue weighted by Crippen LogP contribution is -2.33. The van der Waals surface area contributed by atoms with Gasteiger partial charge in [-0.1, -0.05) is 13.8 Å². The van der Waals surface area contributed by atoms with E-state index >= 15 is 0 Å². The highest BCUT2D eigenvalue weighted by Gasteiger charge is 2.16. The molecule has 3 heteroatoms. The molecule has 0 aliphatic rings. The number of hydrogen-bond acceptors (Lipinski definition) is 3. The smallest absolute Gasteiger partial charge is 0.122 e. The van der Waals surface area contributed by atoms with Crippen LogP contribution in [0, 0.1) is 25.7 Å². The third-order valence-electron chi connectivity index (χ3n) is 3.88. The molecule has 0 radical (unpaired) electrons. The lowest BCUT2D eigenvalue weighted by Gasteiger charge is -2.29. The fourth-order valence-corrected chi connectivity index (χ4v) is 2.41. The van der Waals surface area contributed by atoms with Crippen LogP contribution in [-0.2, 0) is 0 Å². The summed E-state index contributed by atoms with van der Waals surface area (Å²) in [6.07, 6.45) is 0. The first-order chi connectivity index (χ1) is 8.90. The van der Waals surface area contributed by atoms with Gasteiger partial charge in [-0.05, 0) is 55.5 Å². The van der Waals surface area contributed by atoms with Crippen LogP contribution in [0.1, 0.15) is 25.0 Å². The summed E-state index contributed by atoms with van der Waals surface area (Å²) in [6, 6.07) is 4.30. The number of methoxy groups -OCH3 is 1. The van der Waals surface area contributed by atoms with Crippen LogP contribution in [0.15, 0.2) is 12.1 Å². The lowest BCUT2D eigenvalue weighted by atomic mass is 9.95.